The number of methoxy groups -OCH3 is 1. The third-order valence-corrected chi connectivity index (χ3v) is 7.78. The Morgan fingerprint density at radius 1 is 1.08 bits per heavy atom. The maximum absolute atomic E-state index is 12.8. The number of hydrogen-bond acceptors (Lipinski definition) is 6. The minimum atomic E-state index is -0.499. The van der Waals surface area contributed by atoms with Gasteiger partial charge in [-0.15, -0.1) is 0 Å². The second kappa shape index (κ2) is 13.0. The molecule has 0 saturated carbocycles. The second-order valence-electron chi connectivity index (χ2n) is 8.74. The maximum atomic E-state index is 12.8. The van der Waals surface area contributed by atoms with E-state index in [9.17, 15) is 4.79 Å². The van der Waals surface area contributed by atoms with E-state index >= 15 is 0 Å². The first-order valence-electron chi connectivity index (χ1n) is 12.2. The van der Waals surface area contributed by atoms with Crippen molar-refractivity contribution in [1.82, 2.24) is 5.01 Å². The van der Waals surface area contributed by atoms with Crippen LogP contribution >= 0.6 is 46.6 Å². The van der Waals surface area contributed by atoms with E-state index in [1.165, 1.54) is 43.1 Å². The molecule has 2 aliphatic heterocycles. The van der Waals surface area contributed by atoms with Gasteiger partial charge in [-0.1, -0.05) is 73.5 Å². The summed E-state index contributed by atoms with van der Waals surface area (Å²) in [6.45, 7) is 2.34. The largest absolute Gasteiger partial charge is 0.493 e. The molecule has 7 nitrogen and oxygen atoms in total. The summed E-state index contributed by atoms with van der Waals surface area (Å²) in [5.74, 6) is 0.174. The molecule has 0 atom stereocenters. The fourth-order valence-electron chi connectivity index (χ4n) is 3.93. The molecular weight excluding hydrogens is 567 g/mol. The van der Waals surface area contributed by atoms with Gasteiger partial charge in [0.2, 0.25) is 5.17 Å². The highest BCUT2D eigenvalue weighted by Crippen LogP contribution is 2.38. The SMILES string of the molecule is CCCCCCCC1=NN2C(=N)/C(=C/c3cc(Cl)c(OCc4ccc(Cl)cc4Cl)c(OC)c3)C(=O)N=C2S1. The number of carbonyl (C=O) groups excluding carboxylic acids is 1. The molecule has 0 fully saturated rings. The molecule has 0 bridgehead atoms. The molecule has 0 aromatic heterocycles. The summed E-state index contributed by atoms with van der Waals surface area (Å²) in [5, 5.41) is 17.2. The average molecular weight is 594 g/mol. The summed E-state index contributed by atoms with van der Waals surface area (Å²) in [4.78, 5) is 17.0. The molecule has 0 aliphatic carbocycles. The summed E-state index contributed by atoms with van der Waals surface area (Å²) in [5.41, 5.74) is 1.41. The van der Waals surface area contributed by atoms with Crippen molar-refractivity contribution < 1.29 is 14.3 Å². The predicted molar refractivity (Wildman–Crippen MR) is 157 cm³/mol. The molecule has 2 aromatic carbocycles. The summed E-state index contributed by atoms with van der Waals surface area (Å²) < 4.78 is 11.4. The van der Waals surface area contributed by atoms with Gasteiger partial charge < -0.3 is 9.47 Å². The van der Waals surface area contributed by atoms with E-state index < -0.39 is 5.91 Å². The Morgan fingerprint density at radius 2 is 1.87 bits per heavy atom. The highest BCUT2D eigenvalue weighted by atomic mass is 35.5. The number of ether oxygens (including phenoxy) is 2. The molecule has 2 aliphatic rings. The van der Waals surface area contributed by atoms with Crippen LogP contribution in [0.15, 0.2) is 46.0 Å². The summed E-state index contributed by atoms with van der Waals surface area (Å²) in [7, 11) is 1.50. The van der Waals surface area contributed by atoms with Gasteiger partial charge in [-0.2, -0.15) is 15.1 Å². The number of nitrogens with one attached hydrogen (secondary N) is 1. The zero-order valence-electron chi connectivity index (χ0n) is 21.0. The number of thioether (sulfide) groups is 1. The van der Waals surface area contributed by atoms with Crippen LogP contribution in [-0.2, 0) is 11.4 Å². The molecule has 1 amide bonds. The number of fused-ring (bicyclic) bond motifs is 1. The number of amides is 1. The van der Waals surface area contributed by atoms with Gasteiger partial charge in [0, 0.05) is 15.6 Å². The fourth-order valence-corrected chi connectivity index (χ4v) is 5.59. The van der Waals surface area contributed by atoms with Crippen molar-refractivity contribution in [2.24, 2.45) is 10.1 Å². The monoisotopic (exact) mass is 592 g/mol. The Morgan fingerprint density at radius 3 is 2.61 bits per heavy atom. The van der Waals surface area contributed by atoms with Gasteiger partial charge in [-0.25, -0.2) is 0 Å². The molecule has 200 valence electrons. The number of nitrogens with zero attached hydrogens (tertiary/aromatic N) is 3. The van der Waals surface area contributed by atoms with Crippen LogP contribution in [0.5, 0.6) is 11.5 Å². The lowest BCUT2D eigenvalue weighted by Gasteiger charge is -2.20. The Labute approximate surface area is 241 Å². The van der Waals surface area contributed by atoms with Crippen molar-refractivity contribution in [3.63, 3.8) is 0 Å². The molecule has 1 N–H and O–H groups in total. The van der Waals surface area contributed by atoms with Crippen LogP contribution in [0, 0.1) is 5.41 Å². The lowest BCUT2D eigenvalue weighted by molar-refractivity contribution is -0.114. The standard InChI is InChI=1S/C27H27Cl3N4O3S/c1-3-4-5-6-7-8-23-33-34-25(31)19(26(35)32-27(34)38-23)11-16-12-21(30)24(22(13-16)36-2)37-15-17-9-10-18(28)14-20(17)29/h9-14,31H,3-8,15H2,1-2H3/b19-11-,31-25?. The minimum Gasteiger partial charge on any atom is -0.493 e. The van der Waals surface area contributed by atoms with E-state index in [2.05, 4.69) is 17.0 Å². The lowest BCUT2D eigenvalue weighted by Crippen LogP contribution is -2.35. The lowest BCUT2D eigenvalue weighted by atomic mass is 10.1. The highest BCUT2D eigenvalue weighted by molar-refractivity contribution is 8.26. The van der Waals surface area contributed by atoms with E-state index in [1.54, 1.807) is 36.4 Å². The van der Waals surface area contributed by atoms with E-state index in [0.717, 1.165) is 29.9 Å². The van der Waals surface area contributed by atoms with Crippen LogP contribution in [0.2, 0.25) is 15.1 Å². The first-order valence-corrected chi connectivity index (χ1v) is 14.2. The Bertz CT molecular complexity index is 1340. The zero-order valence-corrected chi connectivity index (χ0v) is 24.1. The van der Waals surface area contributed by atoms with Crippen LogP contribution in [0.25, 0.3) is 6.08 Å². The number of amidine groups is 2. The second-order valence-corrected chi connectivity index (χ2v) is 11.0. The normalized spacial score (nSPS) is 16.0. The Hall–Kier alpha value is -2.52. The molecule has 2 aromatic rings. The zero-order chi connectivity index (χ0) is 27.2. The van der Waals surface area contributed by atoms with Gasteiger partial charge >= 0.3 is 0 Å². The number of hydrogen-bond donors (Lipinski definition) is 1. The van der Waals surface area contributed by atoms with E-state index in [-0.39, 0.29) is 23.0 Å². The number of aliphatic imine (C=N–C) groups is 1. The first kappa shape index (κ1) is 28.5. The van der Waals surface area contributed by atoms with Crippen LogP contribution in [0.1, 0.15) is 56.6 Å². The molecule has 38 heavy (non-hydrogen) atoms. The van der Waals surface area contributed by atoms with Crippen molar-refractivity contribution in [1.29, 1.82) is 5.41 Å². The molecule has 4 rings (SSSR count). The Balaban J connectivity index is 1.50. The van der Waals surface area contributed by atoms with Gasteiger partial charge in [0.1, 0.15) is 11.7 Å². The summed E-state index contributed by atoms with van der Waals surface area (Å²) >= 11 is 20.1. The molecule has 0 unspecified atom stereocenters. The number of rotatable bonds is 11. The Kier molecular flexibility index (Phi) is 9.76. The van der Waals surface area contributed by atoms with Crippen molar-refractivity contribution in [3.8, 4) is 11.5 Å². The minimum absolute atomic E-state index is 0.0266. The van der Waals surface area contributed by atoms with E-state index in [0.29, 0.717) is 32.3 Å². The number of carbonyl (C=O) groups is 1. The van der Waals surface area contributed by atoms with Gasteiger partial charge in [0.05, 0.1) is 17.7 Å². The van der Waals surface area contributed by atoms with Gasteiger partial charge in [0.25, 0.3) is 5.91 Å². The highest BCUT2D eigenvalue weighted by Gasteiger charge is 2.35. The molecule has 11 heteroatoms. The predicted octanol–water partition coefficient (Wildman–Crippen LogP) is 8.21. The number of benzene rings is 2. The summed E-state index contributed by atoms with van der Waals surface area (Å²) in [6, 6.07) is 8.46. The van der Waals surface area contributed by atoms with Crippen LogP contribution in [0.4, 0.5) is 0 Å². The van der Waals surface area contributed by atoms with Crippen LogP contribution < -0.4 is 9.47 Å². The maximum Gasteiger partial charge on any atom is 0.283 e. The van der Waals surface area contributed by atoms with Crippen molar-refractivity contribution in [2.45, 2.75) is 52.1 Å². The van der Waals surface area contributed by atoms with Crippen molar-refractivity contribution in [2.75, 3.05) is 7.11 Å². The molecular formula is C27H27Cl3N4O3S. The topological polar surface area (TPSA) is 87.3 Å². The van der Waals surface area contributed by atoms with E-state index in [1.807, 2.05) is 0 Å². The van der Waals surface area contributed by atoms with Crippen LogP contribution in [-0.4, -0.2) is 34.1 Å². The molecule has 0 saturated heterocycles. The van der Waals surface area contributed by atoms with Crippen LogP contribution in [0.3, 0.4) is 0 Å². The first-order chi connectivity index (χ1) is 18.3. The van der Waals surface area contributed by atoms with Gasteiger partial charge in [-0.3, -0.25) is 10.2 Å². The average Bonchev–Trinajstić information content (AvgIpc) is 3.29. The van der Waals surface area contributed by atoms with Gasteiger partial charge in [-0.05, 0) is 60.5 Å². The number of hydrazone groups is 1. The summed E-state index contributed by atoms with van der Waals surface area (Å²) in [6.07, 6.45) is 8.14. The third-order valence-electron chi connectivity index (χ3n) is 5.94. The number of halogens is 3. The number of unbranched alkanes of at least 4 members (excludes halogenated alkanes) is 4. The molecule has 0 radical (unpaired) electrons. The molecule has 2 heterocycles. The van der Waals surface area contributed by atoms with E-state index in [4.69, 9.17) is 49.7 Å². The molecule has 0 spiro atoms. The van der Waals surface area contributed by atoms with Crippen molar-refractivity contribution >= 4 is 74.6 Å². The van der Waals surface area contributed by atoms with Crippen molar-refractivity contribution in [3.05, 3.63) is 62.1 Å². The fraction of sp³-hybridized carbons (Fsp3) is 0.333. The third kappa shape index (κ3) is 6.72. The van der Waals surface area contributed by atoms with Gasteiger partial charge in [0.15, 0.2) is 17.3 Å². The smallest absolute Gasteiger partial charge is 0.283 e. The quantitative estimate of drug-likeness (QED) is 0.209.